The normalized spacial score (nSPS) is 16.1. The Morgan fingerprint density at radius 2 is 1.98 bits per heavy atom. The van der Waals surface area contributed by atoms with E-state index in [0.29, 0.717) is 37.3 Å². The van der Waals surface area contributed by atoms with Gasteiger partial charge in [-0.1, -0.05) is 11.6 Å². The quantitative estimate of drug-likeness (QED) is 0.256. The number of aromatic nitrogens is 3. The zero-order valence-electron chi connectivity index (χ0n) is 26.5. The number of carbonyl (C=O) groups excluding carboxylic acids is 2. The Balaban J connectivity index is 1.59. The molecule has 2 amide bonds. The average molecular weight is 664 g/mol. The van der Waals surface area contributed by atoms with Crippen LogP contribution in [0, 0.1) is 6.92 Å². The lowest BCUT2D eigenvalue weighted by Gasteiger charge is -2.29. The minimum Gasteiger partial charge on any atom is -0.444 e. The van der Waals surface area contributed by atoms with Crippen molar-refractivity contribution in [2.24, 2.45) is 0 Å². The monoisotopic (exact) mass is 663 g/mol. The molecule has 0 unspecified atom stereocenters. The van der Waals surface area contributed by atoms with Gasteiger partial charge in [-0.3, -0.25) is 9.52 Å². The molecule has 45 heavy (non-hydrogen) atoms. The smallest absolute Gasteiger partial charge is 0.407 e. The summed E-state index contributed by atoms with van der Waals surface area (Å²) in [5, 5.41) is 17.3. The number of ether oxygens (including phenoxy) is 1. The molecule has 4 rings (SSSR count). The molecule has 0 saturated carbocycles. The highest BCUT2D eigenvalue weighted by Gasteiger charge is 2.30. The second-order valence-electron chi connectivity index (χ2n) is 12.4. The van der Waals surface area contributed by atoms with Crippen LogP contribution in [0.15, 0.2) is 30.5 Å². The Morgan fingerprint density at radius 3 is 2.64 bits per heavy atom. The molecule has 1 aliphatic rings. The fourth-order valence-electron chi connectivity index (χ4n) is 5.25. The van der Waals surface area contributed by atoms with Gasteiger partial charge < -0.3 is 25.0 Å². The van der Waals surface area contributed by atoms with Gasteiger partial charge in [-0.25, -0.2) is 22.7 Å². The molecule has 0 radical (unpaired) electrons. The second kappa shape index (κ2) is 13.8. The Kier molecular flexibility index (Phi) is 10.5. The van der Waals surface area contributed by atoms with Crippen molar-refractivity contribution >= 4 is 50.8 Å². The summed E-state index contributed by atoms with van der Waals surface area (Å²) < 4.78 is 33.5. The van der Waals surface area contributed by atoms with Gasteiger partial charge in [0.1, 0.15) is 11.4 Å². The number of nitrogens with zero attached hydrogens (tertiary/aromatic N) is 5. The molecule has 13 nitrogen and oxygen atoms in total. The maximum Gasteiger partial charge on any atom is 0.407 e. The van der Waals surface area contributed by atoms with Crippen LogP contribution in [0.3, 0.4) is 0 Å². The molecule has 2 atom stereocenters. The van der Waals surface area contributed by atoms with Gasteiger partial charge in [0.05, 0.1) is 35.3 Å². The third kappa shape index (κ3) is 8.98. The molecular formula is C30H42ClN7O6S. The van der Waals surface area contributed by atoms with Crippen LogP contribution in [0.1, 0.15) is 74.6 Å². The van der Waals surface area contributed by atoms with Crippen LogP contribution in [0.25, 0.3) is 5.65 Å². The number of unbranched alkanes of at least 4 members (excludes halogenated alkanes) is 1. The van der Waals surface area contributed by atoms with Crippen molar-refractivity contribution in [3.8, 4) is 0 Å². The Hall–Kier alpha value is -3.62. The lowest BCUT2D eigenvalue weighted by molar-refractivity contribution is 0.0508. The number of hydrogen-bond donors (Lipinski definition) is 3. The lowest BCUT2D eigenvalue weighted by atomic mass is 10.1. The number of nitrogens with one attached hydrogen (secondary N) is 2. The fourth-order valence-corrected chi connectivity index (χ4v) is 6.00. The van der Waals surface area contributed by atoms with Crippen LogP contribution < -0.4 is 14.9 Å². The molecule has 2 aromatic heterocycles. The van der Waals surface area contributed by atoms with E-state index in [0.717, 1.165) is 24.1 Å². The number of amides is 2. The van der Waals surface area contributed by atoms with Gasteiger partial charge in [0.15, 0.2) is 5.65 Å². The van der Waals surface area contributed by atoms with Crippen LogP contribution in [0.2, 0.25) is 5.02 Å². The van der Waals surface area contributed by atoms with Gasteiger partial charge in [0.2, 0.25) is 10.0 Å². The summed E-state index contributed by atoms with van der Waals surface area (Å²) in [6.07, 6.45) is 4.19. The first-order valence-corrected chi connectivity index (χ1v) is 17.1. The average Bonchev–Trinajstić information content (AvgIpc) is 3.55. The molecule has 1 aromatic carbocycles. The summed E-state index contributed by atoms with van der Waals surface area (Å²) in [5.41, 5.74) is 1.72. The molecule has 246 valence electrons. The summed E-state index contributed by atoms with van der Waals surface area (Å²) in [7, 11) is -3.67. The van der Waals surface area contributed by atoms with Crippen molar-refractivity contribution in [1.29, 1.82) is 0 Å². The highest BCUT2D eigenvalue weighted by Crippen LogP contribution is 2.29. The van der Waals surface area contributed by atoms with E-state index in [9.17, 15) is 23.1 Å². The molecule has 3 heterocycles. The van der Waals surface area contributed by atoms with Gasteiger partial charge >= 0.3 is 6.09 Å². The zero-order valence-corrected chi connectivity index (χ0v) is 28.1. The minimum atomic E-state index is -3.67. The van der Waals surface area contributed by atoms with E-state index in [1.807, 2.05) is 46.9 Å². The Morgan fingerprint density at radius 1 is 1.24 bits per heavy atom. The zero-order chi connectivity index (χ0) is 33.1. The van der Waals surface area contributed by atoms with Crippen molar-refractivity contribution in [2.45, 2.75) is 71.6 Å². The van der Waals surface area contributed by atoms with Gasteiger partial charge in [-0.15, -0.1) is 0 Å². The number of sulfonamides is 1. The van der Waals surface area contributed by atoms with Gasteiger partial charge in [0, 0.05) is 49.1 Å². The molecule has 1 aliphatic heterocycles. The number of aliphatic hydroxyl groups excluding tert-OH is 1. The van der Waals surface area contributed by atoms with E-state index in [2.05, 4.69) is 14.9 Å². The van der Waals surface area contributed by atoms with Crippen LogP contribution in [0.4, 0.5) is 16.3 Å². The Labute approximate surface area is 268 Å². The highest BCUT2D eigenvalue weighted by atomic mass is 35.5. The fraction of sp³-hybridized carbons (Fsp3) is 0.533. The van der Waals surface area contributed by atoms with Crippen LogP contribution in [-0.4, -0.2) is 89.2 Å². The number of rotatable bonds is 11. The minimum absolute atomic E-state index is 0.0283. The van der Waals surface area contributed by atoms with Crippen molar-refractivity contribution < 1.29 is 27.9 Å². The first kappa shape index (κ1) is 34.3. The van der Waals surface area contributed by atoms with Gasteiger partial charge in [-0.05, 0) is 72.1 Å². The molecule has 15 heteroatoms. The third-order valence-corrected chi connectivity index (χ3v) is 8.13. The predicted octanol–water partition coefficient (Wildman–Crippen LogP) is 4.14. The molecule has 0 spiro atoms. The molecule has 3 N–H and O–H groups in total. The molecule has 0 aliphatic carbocycles. The number of alkyl carbamates (subject to hydrolysis) is 1. The molecule has 1 saturated heterocycles. The van der Waals surface area contributed by atoms with Crippen LogP contribution in [-0.2, 0) is 14.8 Å². The molecule has 3 aromatic rings. The number of anilines is 2. The van der Waals surface area contributed by atoms with E-state index >= 15 is 0 Å². The summed E-state index contributed by atoms with van der Waals surface area (Å²) in [6, 6.07) is 5.62. The van der Waals surface area contributed by atoms with Crippen LogP contribution >= 0.6 is 11.6 Å². The Bertz CT molecular complexity index is 1660. The topological polar surface area (TPSA) is 158 Å². The van der Waals surface area contributed by atoms with E-state index in [4.69, 9.17) is 26.4 Å². The van der Waals surface area contributed by atoms with E-state index in [-0.39, 0.29) is 35.5 Å². The number of benzene rings is 1. The largest absolute Gasteiger partial charge is 0.444 e. The van der Waals surface area contributed by atoms with Crippen molar-refractivity contribution in [2.75, 3.05) is 42.1 Å². The summed E-state index contributed by atoms with van der Waals surface area (Å²) in [4.78, 5) is 34.9. The number of halogens is 1. The van der Waals surface area contributed by atoms with Gasteiger partial charge in [-0.2, -0.15) is 5.10 Å². The standard InChI is InChI=1S/C30H42ClN7O6S/c1-19-17-38-26(33-27(19)36-13-11-22(18-36)32-29(41)44-30(3,4)5)16-25(34-38)20(2)37(12-7-8-14-39)28(40)23-15-21(31)9-10-24(23)35-45(6,42)43/h9-10,15-17,20,22,35,39H,7-8,11-14,18H2,1-6H3,(H,32,41)/t20-,22-/m0/s1. The number of hydrogen-bond acceptors (Lipinski definition) is 9. The summed E-state index contributed by atoms with van der Waals surface area (Å²) in [6.45, 7) is 10.8. The number of aryl methyl sites for hydroxylation is 1. The van der Waals surface area contributed by atoms with E-state index < -0.39 is 33.7 Å². The van der Waals surface area contributed by atoms with Crippen molar-refractivity contribution in [3.05, 3.63) is 52.3 Å². The highest BCUT2D eigenvalue weighted by molar-refractivity contribution is 7.92. The first-order valence-electron chi connectivity index (χ1n) is 14.8. The van der Waals surface area contributed by atoms with E-state index in [1.54, 1.807) is 9.42 Å². The van der Waals surface area contributed by atoms with Crippen molar-refractivity contribution in [3.63, 3.8) is 0 Å². The summed E-state index contributed by atoms with van der Waals surface area (Å²) in [5.74, 6) is 0.345. The number of aliphatic hydroxyl groups is 1. The third-order valence-electron chi connectivity index (χ3n) is 7.30. The van der Waals surface area contributed by atoms with Gasteiger partial charge in [0.25, 0.3) is 5.91 Å². The predicted molar refractivity (Wildman–Crippen MR) is 173 cm³/mol. The number of fused-ring (bicyclic) bond motifs is 1. The van der Waals surface area contributed by atoms with E-state index in [1.165, 1.54) is 18.2 Å². The first-order chi connectivity index (χ1) is 21.0. The molecular weight excluding hydrogens is 622 g/mol. The summed E-state index contributed by atoms with van der Waals surface area (Å²) >= 11 is 6.22. The second-order valence-corrected chi connectivity index (χ2v) is 14.6. The maximum absolute atomic E-state index is 14.0. The molecule has 0 bridgehead atoms. The molecule has 1 fully saturated rings. The van der Waals surface area contributed by atoms with Crippen LogP contribution in [0.5, 0.6) is 0 Å². The lowest BCUT2D eigenvalue weighted by Crippen LogP contribution is -2.40. The van der Waals surface area contributed by atoms with Crippen molar-refractivity contribution in [1.82, 2.24) is 24.8 Å². The number of carbonyl (C=O) groups is 2. The SMILES string of the molecule is Cc1cn2nc([C@H](C)N(CCCCO)C(=O)c3cc(Cl)ccc3NS(C)(=O)=O)cc2nc1N1CC[C@H](NC(=O)OC(C)(C)C)C1. The maximum atomic E-state index is 14.0.